The van der Waals surface area contributed by atoms with Crippen LogP contribution in [0.5, 0.6) is 0 Å². The molecule has 1 aromatic carbocycles. The van der Waals surface area contributed by atoms with Crippen LogP contribution in [0.15, 0.2) is 12.1 Å². The number of halogens is 2. The summed E-state index contributed by atoms with van der Waals surface area (Å²) in [5.74, 6) is -0.340. The summed E-state index contributed by atoms with van der Waals surface area (Å²) in [7, 11) is 0. The Morgan fingerprint density at radius 2 is 2.18 bits per heavy atom. The first-order valence-corrected chi connectivity index (χ1v) is 6.16. The van der Waals surface area contributed by atoms with E-state index >= 15 is 0 Å². The first-order chi connectivity index (χ1) is 8.06. The Bertz CT molecular complexity index is 389. The highest BCUT2D eigenvalue weighted by molar-refractivity contribution is 6.31. The molecule has 2 nitrogen and oxygen atoms in total. The molecule has 0 atom stereocenters. The van der Waals surface area contributed by atoms with Crippen molar-refractivity contribution in [2.45, 2.75) is 19.8 Å². The van der Waals surface area contributed by atoms with Gasteiger partial charge in [0.05, 0.1) is 18.2 Å². The first kappa shape index (κ1) is 12.8. The van der Waals surface area contributed by atoms with Crippen LogP contribution in [0.2, 0.25) is 5.02 Å². The zero-order valence-electron chi connectivity index (χ0n) is 9.93. The minimum absolute atomic E-state index is 0.101. The fraction of sp³-hybridized carbons (Fsp3) is 0.538. The third kappa shape index (κ3) is 2.62. The van der Waals surface area contributed by atoms with Gasteiger partial charge >= 0.3 is 0 Å². The van der Waals surface area contributed by atoms with E-state index in [2.05, 4.69) is 0 Å². The smallest absolute Gasteiger partial charge is 0.142 e. The highest BCUT2D eigenvalue weighted by Crippen LogP contribution is 2.32. The SMILES string of the molecule is Cc1cc(CCC2(CN)COC2)cc(F)c1Cl. The standard InChI is InChI=1S/C13H17ClFNO/c1-9-4-10(5-11(15)12(9)14)2-3-13(6-16)7-17-8-13/h4-5H,2-3,6-8,16H2,1H3. The topological polar surface area (TPSA) is 35.2 Å². The Labute approximate surface area is 106 Å². The molecule has 0 unspecified atom stereocenters. The summed E-state index contributed by atoms with van der Waals surface area (Å²) < 4.78 is 18.7. The van der Waals surface area contributed by atoms with E-state index in [0.29, 0.717) is 6.54 Å². The number of nitrogens with two attached hydrogens (primary N) is 1. The summed E-state index contributed by atoms with van der Waals surface area (Å²) in [5, 5.41) is 0.217. The third-order valence-electron chi connectivity index (χ3n) is 3.46. The Morgan fingerprint density at radius 1 is 1.47 bits per heavy atom. The van der Waals surface area contributed by atoms with Crippen molar-refractivity contribution < 1.29 is 9.13 Å². The highest BCUT2D eigenvalue weighted by atomic mass is 35.5. The molecule has 94 valence electrons. The molecule has 1 aromatic rings. The Balaban J connectivity index is 2.04. The van der Waals surface area contributed by atoms with E-state index in [1.165, 1.54) is 6.07 Å². The number of rotatable bonds is 4. The van der Waals surface area contributed by atoms with Gasteiger partial charge in [0.1, 0.15) is 5.82 Å². The molecule has 1 saturated heterocycles. The monoisotopic (exact) mass is 257 g/mol. The van der Waals surface area contributed by atoms with Gasteiger partial charge in [0.15, 0.2) is 0 Å². The molecule has 4 heteroatoms. The van der Waals surface area contributed by atoms with E-state index in [4.69, 9.17) is 22.1 Å². The van der Waals surface area contributed by atoms with Gasteiger partial charge in [-0.05, 0) is 37.0 Å². The van der Waals surface area contributed by atoms with Crippen LogP contribution < -0.4 is 5.73 Å². The van der Waals surface area contributed by atoms with Gasteiger partial charge in [-0.3, -0.25) is 0 Å². The molecule has 2 rings (SSSR count). The molecule has 0 spiro atoms. The van der Waals surface area contributed by atoms with Crippen molar-refractivity contribution in [2.75, 3.05) is 19.8 Å². The van der Waals surface area contributed by atoms with Crippen LogP contribution in [0.1, 0.15) is 17.5 Å². The molecule has 0 aromatic heterocycles. The van der Waals surface area contributed by atoms with Crippen molar-refractivity contribution in [1.82, 2.24) is 0 Å². The van der Waals surface area contributed by atoms with Crippen LogP contribution >= 0.6 is 11.6 Å². The number of hydrogen-bond donors (Lipinski definition) is 1. The number of aryl methyl sites for hydroxylation is 2. The van der Waals surface area contributed by atoms with E-state index in [0.717, 1.165) is 37.2 Å². The molecular weight excluding hydrogens is 241 g/mol. The minimum atomic E-state index is -0.340. The summed E-state index contributed by atoms with van der Waals surface area (Å²) in [5.41, 5.74) is 7.60. The maximum Gasteiger partial charge on any atom is 0.142 e. The lowest BCUT2D eigenvalue weighted by molar-refractivity contribution is -0.111. The lowest BCUT2D eigenvalue weighted by Gasteiger charge is -2.40. The van der Waals surface area contributed by atoms with Gasteiger partial charge in [-0.1, -0.05) is 17.7 Å². The molecule has 0 saturated carbocycles. The average molecular weight is 258 g/mol. The maximum atomic E-state index is 13.5. The van der Waals surface area contributed by atoms with E-state index in [1.807, 2.05) is 13.0 Å². The Morgan fingerprint density at radius 3 is 2.65 bits per heavy atom. The average Bonchev–Trinajstić information content (AvgIpc) is 2.25. The molecule has 17 heavy (non-hydrogen) atoms. The van der Waals surface area contributed by atoms with E-state index in [9.17, 15) is 4.39 Å². The largest absolute Gasteiger partial charge is 0.380 e. The zero-order chi connectivity index (χ0) is 12.5. The zero-order valence-corrected chi connectivity index (χ0v) is 10.7. The number of benzene rings is 1. The first-order valence-electron chi connectivity index (χ1n) is 5.79. The quantitative estimate of drug-likeness (QED) is 0.900. The van der Waals surface area contributed by atoms with E-state index < -0.39 is 0 Å². The predicted octanol–water partition coefficient (Wildman–Crippen LogP) is 2.70. The van der Waals surface area contributed by atoms with Crippen LogP contribution in [-0.4, -0.2) is 19.8 Å². The molecule has 0 radical (unpaired) electrons. The predicted molar refractivity (Wildman–Crippen MR) is 66.8 cm³/mol. The molecule has 1 heterocycles. The van der Waals surface area contributed by atoms with Crippen LogP contribution in [0.4, 0.5) is 4.39 Å². The van der Waals surface area contributed by atoms with Crippen LogP contribution in [0.3, 0.4) is 0 Å². The lowest BCUT2D eigenvalue weighted by atomic mass is 9.80. The minimum Gasteiger partial charge on any atom is -0.380 e. The summed E-state index contributed by atoms with van der Waals surface area (Å²) in [6, 6.07) is 3.45. The molecule has 0 aliphatic carbocycles. The van der Waals surface area contributed by atoms with Crippen LogP contribution in [0.25, 0.3) is 0 Å². The normalized spacial score (nSPS) is 17.9. The second-order valence-electron chi connectivity index (χ2n) is 4.91. The Hall–Kier alpha value is -0.640. The summed E-state index contributed by atoms with van der Waals surface area (Å²) >= 11 is 5.79. The number of ether oxygens (including phenoxy) is 1. The third-order valence-corrected chi connectivity index (χ3v) is 3.94. The van der Waals surface area contributed by atoms with Gasteiger partial charge in [-0.2, -0.15) is 0 Å². The van der Waals surface area contributed by atoms with Gasteiger partial charge in [0.25, 0.3) is 0 Å². The molecule has 2 N–H and O–H groups in total. The van der Waals surface area contributed by atoms with Crippen molar-refractivity contribution in [3.63, 3.8) is 0 Å². The van der Waals surface area contributed by atoms with Gasteiger partial charge in [0.2, 0.25) is 0 Å². The molecule has 0 bridgehead atoms. The van der Waals surface area contributed by atoms with Crippen LogP contribution in [-0.2, 0) is 11.2 Å². The van der Waals surface area contributed by atoms with Crippen molar-refractivity contribution in [3.8, 4) is 0 Å². The maximum absolute atomic E-state index is 13.5. The van der Waals surface area contributed by atoms with Crippen molar-refractivity contribution in [2.24, 2.45) is 11.1 Å². The summed E-state index contributed by atoms with van der Waals surface area (Å²) in [4.78, 5) is 0. The Kier molecular flexibility index (Phi) is 3.71. The molecule has 0 amide bonds. The van der Waals surface area contributed by atoms with Crippen molar-refractivity contribution in [3.05, 3.63) is 34.1 Å². The summed E-state index contributed by atoms with van der Waals surface area (Å²) in [6.45, 7) is 3.89. The van der Waals surface area contributed by atoms with Gasteiger partial charge in [-0.25, -0.2) is 4.39 Å². The van der Waals surface area contributed by atoms with Crippen molar-refractivity contribution in [1.29, 1.82) is 0 Å². The lowest BCUT2D eigenvalue weighted by Crippen LogP contribution is -2.48. The fourth-order valence-corrected chi connectivity index (χ4v) is 2.22. The highest BCUT2D eigenvalue weighted by Gasteiger charge is 2.36. The molecule has 1 aliphatic heterocycles. The van der Waals surface area contributed by atoms with E-state index in [-0.39, 0.29) is 16.3 Å². The molecule has 1 fully saturated rings. The van der Waals surface area contributed by atoms with Crippen molar-refractivity contribution >= 4 is 11.6 Å². The van der Waals surface area contributed by atoms with Gasteiger partial charge in [0, 0.05) is 12.0 Å². The second kappa shape index (κ2) is 4.92. The van der Waals surface area contributed by atoms with Crippen LogP contribution in [0, 0.1) is 18.2 Å². The number of hydrogen-bond acceptors (Lipinski definition) is 2. The fourth-order valence-electron chi connectivity index (χ4n) is 2.11. The van der Waals surface area contributed by atoms with E-state index in [1.54, 1.807) is 0 Å². The summed E-state index contributed by atoms with van der Waals surface area (Å²) in [6.07, 6.45) is 1.75. The van der Waals surface area contributed by atoms with Gasteiger partial charge in [-0.15, -0.1) is 0 Å². The van der Waals surface area contributed by atoms with Gasteiger partial charge < -0.3 is 10.5 Å². The second-order valence-corrected chi connectivity index (χ2v) is 5.28. The molecular formula is C13H17ClFNO. The molecule has 1 aliphatic rings.